The summed E-state index contributed by atoms with van der Waals surface area (Å²) in [5.41, 5.74) is 2.18. The van der Waals surface area contributed by atoms with Crippen LogP contribution < -0.4 is 10.1 Å². The molecule has 1 atom stereocenters. The van der Waals surface area contributed by atoms with Gasteiger partial charge in [-0.2, -0.15) is 0 Å². The predicted octanol–water partition coefficient (Wildman–Crippen LogP) is 3.13. The highest BCUT2D eigenvalue weighted by Gasteiger charge is 2.23. The lowest BCUT2D eigenvalue weighted by Crippen LogP contribution is -2.33. The van der Waals surface area contributed by atoms with Crippen molar-refractivity contribution in [2.45, 2.75) is 25.9 Å². The molecule has 1 aliphatic heterocycles. The van der Waals surface area contributed by atoms with Crippen LogP contribution in [0.2, 0.25) is 5.02 Å². The highest BCUT2D eigenvalue weighted by molar-refractivity contribution is 6.30. The first-order valence-corrected chi connectivity index (χ1v) is 6.71. The molecule has 1 aliphatic rings. The summed E-state index contributed by atoms with van der Waals surface area (Å²) in [4.78, 5) is 0. The Morgan fingerprint density at radius 2 is 2.22 bits per heavy atom. The van der Waals surface area contributed by atoms with Gasteiger partial charge in [0.1, 0.15) is 5.75 Å². The molecule has 100 valence electrons. The Morgan fingerprint density at radius 3 is 2.78 bits per heavy atom. The summed E-state index contributed by atoms with van der Waals surface area (Å²) in [5, 5.41) is 4.07. The molecular weight excluding hydrogens is 250 g/mol. The van der Waals surface area contributed by atoms with Crippen molar-refractivity contribution in [2.24, 2.45) is 0 Å². The zero-order chi connectivity index (χ0) is 13.1. The van der Waals surface area contributed by atoms with Crippen LogP contribution in [-0.4, -0.2) is 26.8 Å². The Bertz CT molecular complexity index is 415. The second kappa shape index (κ2) is 5.91. The van der Waals surface area contributed by atoms with E-state index < -0.39 is 0 Å². The highest BCUT2D eigenvalue weighted by atomic mass is 35.5. The van der Waals surface area contributed by atoms with Gasteiger partial charge in [0.15, 0.2) is 0 Å². The van der Waals surface area contributed by atoms with Crippen LogP contribution >= 0.6 is 11.6 Å². The maximum absolute atomic E-state index is 6.21. The maximum atomic E-state index is 6.21. The van der Waals surface area contributed by atoms with E-state index in [1.54, 1.807) is 7.11 Å². The molecule has 1 unspecified atom stereocenters. The molecule has 1 N–H and O–H groups in total. The van der Waals surface area contributed by atoms with Crippen molar-refractivity contribution in [3.05, 3.63) is 28.3 Å². The number of methoxy groups -OCH3 is 1. The number of hydrogen-bond donors (Lipinski definition) is 1. The lowest BCUT2D eigenvalue weighted by atomic mass is 9.96. The van der Waals surface area contributed by atoms with Gasteiger partial charge in [-0.05, 0) is 23.6 Å². The molecule has 18 heavy (non-hydrogen) atoms. The fraction of sp³-hybridized carbons (Fsp3) is 0.571. The molecule has 3 nitrogen and oxygen atoms in total. The number of nitrogens with one attached hydrogen (secondary N) is 1. The molecule has 0 spiro atoms. The van der Waals surface area contributed by atoms with Crippen molar-refractivity contribution < 1.29 is 9.47 Å². The van der Waals surface area contributed by atoms with Gasteiger partial charge >= 0.3 is 0 Å². The second-order valence-electron chi connectivity index (χ2n) is 4.84. The van der Waals surface area contributed by atoms with E-state index in [1.165, 1.54) is 0 Å². The molecule has 0 aromatic heterocycles. The molecule has 1 aromatic carbocycles. The van der Waals surface area contributed by atoms with Crippen LogP contribution in [0.3, 0.4) is 0 Å². The molecule has 0 bridgehead atoms. The summed E-state index contributed by atoms with van der Waals surface area (Å²) in [6.07, 6.45) is 0.0184. The van der Waals surface area contributed by atoms with Gasteiger partial charge in [0.05, 0.1) is 19.8 Å². The first-order chi connectivity index (χ1) is 8.63. The van der Waals surface area contributed by atoms with Crippen molar-refractivity contribution in [2.75, 3.05) is 26.8 Å². The van der Waals surface area contributed by atoms with Crippen LogP contribution in [0, 0.1) is 0 Å². The van der Waals surface area contributed by atoms with Crippen LogP contribution in [0.1, 0.15) is 37.0 Å². The van der Waals surface area contributed by atoms with E-state index in [-0.39, 0.29) is 6.10 Å². The fourth-order valence-electron chi connectivity index (χ4n) is 2.31. The summed E-state index contributed by atoms with van der Waals surface area (Å²) in [6, 6.07) is 3.93. The summed E-state index contributed by atoms with van der Waals surface area (Å²) < 4.78 is 11.4. The van der Waals surface area contributed by atoms with E-state index in [0.29, 0.717) is 5.92 Å². The summed E-state index contributed by atoms with van der Waals surface area (Å²) in [6.45, 7) is 6.69. The minimum absolute atomic E-state index is 0.0184. The number of halogens is 1. The van der Waals surface area contributed by atoms with Gasteiger partial charge < -0.3 is 14.8 Å². The molecular formula is C14H20ClNO2. The van der Waals surface area contributed by atoms with Gasteiger partial charge in [-0.3, -0.25) is 0 Å². The third-order valence-electron chi connectivity index (χ3n) is 3.21. The Labute approximate surface area is 113 Å². The summed E-state index contributed by atoms with van der Waals surface area (Å²) in [7, 11) is 1.70. The minimum atomic E-state index is 0.0184. The SMILES string of the molecule is COc1c(C(C)C)cc(Cl)cc1C1CNCCO1. The van der Waals surface area contributed by atoms with E-state index in [4.69, 9.17) is 21.1 Å². The normalized spacial score (nSPS) is 20.2. The minimum Gasteiger partial charge on any atom is -0.496 e. The van der Waals surface area contributed by atoms with Crippen LogP contribution in [0.4, 0.5) is 0 Å². The predicted molar refractivity (Wildman–Crippen MR) is 73.7 cm³/mol. The third kappa shape index (κ3) is 2.79. The van der Waals surface area contributed by atoms with Gasteiger partial charge in [-0.15, -0.1) is 0 Å². The van der Waals surface area contributed by atoms with Gasteiger partial charge in [0, 0.05) is 23.7 Å². The Morgan fingerprint density at radius 1 is 1.44 bits per heavy atom. The van der Waals surface area contributed by atoms with E-state index in [9.17, 15) is 0 Å². The van der Waals surface area contributed by atoms with Gasteiger partial charge in [0.2, 0.25) is 0 Å². The van der Waals surface area contributed by atoms with Crippen LogP contribution in [-0.2, 0) is 4.74 Å². The number of hydrogen-bond acceptors (Lipinski definition) is 3. The van der Waals surface area contributed by atoms with E-state index in [2.05, 4.69) is 19.2 Å². The first-order valence-electron chi connectivity index (χ1n) is 6.33. The topological polar surface area (TPSA) is 30.5 Å². The quantitative estimate of drug-likeness (QED) is 0.915. The van der Waals surface area contributed by atoms with Crippen molar-refractivity contribution in [3.63, 3.8) is 0 Å². The van der Waals surface area contributed by atoms with Crippen molar-refractivity contribution in [3.8, 4) is 5.75 Å². The second-order valence-corrected chi connectivity index (χ2v) is 5.27. The van der Waals surface area contributed by atoms with Crippen LogP contribution in [0.15, 0.2) is 12.1 Å². The number of ether oxygens (including phenoxy) is 2. The van der Waals surface area contributed by atoms with Gasteiger partial charge in [-0.1, -0.05) is 25.4 Å². The molecule has 0 saturated carbocycles. The average molecular weight is 270 g/mol. The molecule has 4 heteroatoms. The molecule has 1 saturated heterocycles. The zero-order valence-electron chi connectivity index (χ0n) is 11.1. The molecule has 0 amide bonds. The lowest BCUT2D eigenvalue weighted by Gasteiger charge is -2.27. The summed E-state index contributed by atoms with van der Waals surface area (Å²) in [5.74, 6) is 1.28. The van der Waals surface area contributed by atoms with Gasteiger partial charge in [-0.25, -0.2) is 0 Å². The van der Waals surface area contributed by atoms with E-state index in [1.807, 2.05) is 12.1 Å². The highest BCUT2D eigenvalue weighted by Crippen LogP contribution is 2.37. The summed E-state index contributed by atoms with van der Waals surface area (Å²) >= 11 is 6.21. The van der Waals surface area contributed by atoms with Crippen LogP contribution in [0.25, 0.3) is 0 Å². The Balaban J connectivity index is 2.43. The third-order valence-corrected chi connectivity index (χ3v) is 3.43. The van der Waals surface area contributed by atoms with Crippen molar-refractivity contribution >= 4 is 11.6 Å². The van der Waals surface area contributed by atoms with E-state index in [0.717, 1.165) is 41.6 Å². The van der Waals surface area contributed by atoms with Gasteiger partial charge in [0.25, 0.3) is 0 Å². The van der Waals surface area contributed by atoms with E-state index >= 15 is 0 Å². The standard InChI is InChI=1S/C14H20ClNO2/c1-9(2)11-6-10(15)7-12(14(11)17-3)13-8-16-4-5-18-13/h6-7,9,13,16H,4-5,8H2,1-3H3. The molecule has 0 radical (unpaired) electrons. The Kier molecular flexibility index (Phi) is 4.49. The zero-order valence-corrected chi connectivity index (χ0v) is 11.9. The average Bonchev–Trinajstić information content (AvgIpc) is 2.38. The first kappa shape index (κ1) is 13.7. The molecule has 1 aromatic rings. The molecule has 1 fully saturated rings. The lowest BCUT2D eigenvalue weighted by molar-refractivity contribution is 0.0262. The van der Waals surface area contributed by atoms with Crippen molar-refractivity contribution in [1.29, 1.82) is 0 Å². The molecule has 0 aliphatic carbocycles. The monoisotopic (exact) mass is 269 g/mol. The Hall–Kier alpha value is -0.770. The largest absolute Gasteiger partial charge is 0.496 e. The smallest absolute Gasteiger partial charge is 0.128 e. The van der Waals surface area contributed by atoms with Crippen molar-refractivity contribution in [1.82, 2.24) is 5.32 Å². The van der Waals surface area contributed by atoms with Crippen LogP contribution in [0.5, 0.6) is 5.75 Å². The molecule has 1 heterocycles. The number of morpholine rings is 1. The number of benzene rings is 1. The molecule has 2 rings (SSSR count). The fourth-order valence-corrected chi connectivity index (χ4v) is 2.54. The number of rotatable bonds is 3. The maximum Gasteiger partial charge on any atom is 0.128 e.